The normalized spacial score (nSPS) is 11.5. The quantitative estimate of drug-likeness (QED) is 0.861. The summed E-state index contributed by atoms with van der Waals surface area (Å²) in [6, 6.07) is 11.7. The summed E-state index contributed by atoms with van der Waals surface area (Å²) in [5.41, 5.74) is 1.74. The Morgan fingerprint density at radius 3 is 2.43 bits per heavy atom. The summed E-state index contributed by atoms with van der Waals surface area (Å²) in [6.07, 6.45) is 0. The number of hydrogen-bond acceptors (Lipinski definition) is 3. The largest absolute Gasteiger partial charge is 0.322 e. The average molecular weight is 397 g/mol. The Balaban J connectivity index is 2.35. The fraction of sp³-hybridized carbons (Fsp3) is 0.188. The Morgan fingerprint density at radius 2 is 1.83 bits per heavy atom. The smallest absolute Gasteiger partial charge is 0.255 e. The number of aryl methyl sites for hydroxylation is 1. The molecule has 2 rings (SSSR count). The van der Waals surface area contributed by atoms with E-state index in [4.69, 9.17) is 0 Å². The summed E-state index contributed by atoms with van der Waals surface area (Å²) >= 11 is 3.32. The number of carbonyl (C=O) groups excluding carboxylic acids is 1. The van der Waals surface area contributed by atoms with Gasteiger partial charge in [-0.05, 0) is 42.8 Å². The van der Waals surface area contributed by atoms with Crippen molar-refractivity contribution in [3.63, 3.8) is 0 Å². The van der Waals surface area contributed by atoms with Crippen LogP contribution in [-0.2, 0) is 10.0 Å². The molecule has 5 nitrogen and oxygen atoms in total. The third-order valence-electron chi connectivity index (χ3n) is 3.32. The van der Waals surface area contributed by atoms with Crippen molar-refractivity contribution in [3.8, 4) is 0 Å². The van der Waals surface area contributed by atoms with Gasteiger partial charge in [0, 0.05) is 29.8 Å². The molecule has 0 spiro atoms. The van der Waals surface area contributed by atoms with Crippen molar-refractivity contribution < 1.29 is 13.2 Å². The van der Waals surface area contributed by atoms with Crippen LogP contribution in [0.4, 0.5) is 5.69 Å². The van der Waals surface area contributed by atoms with Crippen LogP contribution >= 0.6 is 15.9 Å². The summed E-state index contributed by atoms with van der Waals surface area (Å²) in [7, 11) is -0.614. The lowest BCUT2D eigenvalue weighted by molar-refractivity contribution is 0.102. The van der Waals surface area contributed by atoms with Crippen LogP contribution in [-0.4, -0.2) is 32.7 Å². The van der Waals surface area contributed by atoms with Crippen molar-refractivity contribution in [2.45, 2.75) is 11.8 Å². The predicted octanol–water partition coefficient (Wildman–Crippen LogP) is 3.26. The van der Waals surface area contributed by atoms with Gasteiger partial charge in [0.15, 0.2) is 0 Å². The summed E-state index contributed by atoms with van der Waals surface area (Å²) in [4.78, 5) is 12.5. The molecule has 0 radical (unpaired) electrons. The molecule has 0 saturated heterocycles. The van der Waals surface area contributed by atoms with Gasteiger partial charge in [0.25, 0.3) is 5.91 Å². The lowest BCUT2D eigenvalue weighted by Gasteiger charge is -2.14. The molecule has 0 aromatic heterocycles. The molecule has 0 bridgehead atoms. The first-order valence-electron chi connectivity index (χ1n) is 6.82. The highest BCUT2D eigenvalue weighted by atomic mass is 79.9. The average Bonchev–Trinajstić information content (AvgIpc) is 2.49. The number of sulfonamides is 1. The van der Waals surface area contributed by atoms with Crippen LogP contribution in [0.3, 0.4) is 0 Å². The third-order valence-corrected chi connectivity index (χ3v) is 5.63. The van der Waals surface area contributed by atoms with E-state index in [0.717, 1.165) is 14.3 Å². The molecular formula is C16H17BrN2O3S. The van der Waals surface area contributed by atoms with Gasteiger partial charge in [0.05, 0.1) is 4.90 Å². The van der Waals surface area contributed by atoms with E-state index in [1.165, 1.54) is 26.2 Å². The first-order valence-corrected chi connectivity index (χ1v) is 9.05. The zero-order chi connectivity index (χ0) is 17.2. The fourth-order valence-corrected chi connectivity index (χ4v) is 3.26. The lowest BCUT2D eigenvalue weighted by atomic mass is 10.1. The Kier molecular flexibility index (Phi) is 5.23. The molecule has 1 N–H and O–H groups in total. The summed E-state index contributed by atoms with van der Waals surface area (Å²) in [5, 5.41) is 2.76. The Bertz CT molecular complexity index is 848. The van der Waals surface area contributed by atoms with Crippen LogP contribution in [0.25, 0.3) is 0 Å². The predicted molar refractivity (Wildman–Crippen MR) is 94.1 cm³/mol. The van der Waals surface area contributed by atoms with Gasteiger partial charge < -0.3 is 5.32 Å². The highest BCUT2D eigenvalue weighted by Gasteiger charge is 2.19. The molecule has 2 aromatic carbocycles. The summed E-state index contributed by atoms with van der Waals surface area (Å²) in [6.45, 7) is 1.81. The first-order chi connectivity index (χ1) is 10.7. The monoisotopic (exact) mass is 396 g/mol. The number of anilines is 1. The number of nitrogens with zero attached hydrogens (tertiary/aromatic N) is 1. The molecule has 0 heterocycles. The highest BCUT2D eigenvalue weighted by molar-refractivity contribution is 9.10. The maximum absolute atomic E-state index is 12.3. The van der Waals surface area contributed by atoms with Gasteiger partial charge >= 0.3 is 0 Å². The number of nitrogens with one attached hydrogen (secondary N) is 1. The number of halogens is 1. The minimum absolute atomic E-state index is 0.137. The van der Waals surface area contributed by atoms with Gasteiger partial charge in [-0.15, -0.1) is 0 Å². The number of rotatable bonds is 4. The molecule has 0 aliphatic rings. The molecule has 7 heteroatoms. The zero-order valence-corrected chi connectivity index (χ0v) is 15.4. The highest BCUT2D eigenvalue weighted by Crippen LogP contribution is 2.23. The second kappa shape index (κ2) is 6.82. The molecule has 23 heavy (non-hydrogen) atoms. The minimum Gasteiger partial charge on any atom is -0.322 e. The maximum Gasteiger partial charge on any atom is 0.255 e. The summed E-state index contributed by atoms with van der Waals surface area (Å²) in [5.74, 6) is -0.297. The Hall–Kier alpha value is -1.70. The van der Waals surface area contributed by atoms with Crippen molar-refractivity contribution in [1.82, 2.24) is 4.31 Å². The second-order valence-electron chi connectivity index (χ2n) is 5.23. The number of amides is 1. The van der Waals surface area contributed by atoms with Crippen LogP contribution in [0.5, 0.6) is 0 Å². The standard InChI is InChI=1S/C16H17BrN2O3S/c1-11-7-8-14(23(21,22)19(2)3)10-15(11)18-16(20)12-5-4-6-13(17)9-12/h4-10H,1-3H3,(H,18,20). The van der Waals surface area contributed by atoms with Gasteiger partial charge in [-0.25, -0.2) is 12.7 Å². The van der Waals surface area contributed by atoms with Crippen LogP contribution in [0.2, 0.25) is 0 Å². The molecule has 1 amide bonds. The molecular weight excluding hydrogens is 380 g/mol. The molecule has 0 unspecified atom stereocenters. The van der Waals surface area contributed by atoms with E-state index in [2.05, 4.69) is 21.2 Å². The van der Waals surface area contributed by atoms with E-state index in [9.17, 15) is 13.2 Å². The number of hydrogen-bond donors (Lipinski definition) is 1. The topological polar surface area (TPSA) is 66.5 Å². The molecule has 2 aromatic rings. The maximum atomic E-state index is 12.3. The Labute approximate surface area is 144 Å². The third kappa shape index (κ3) is 3.99. The first kappa shape index (κ1) is 17.7. The molecule has 0 aliphatic carbocycles. The van der Waals surface area contributed by atoms with E-state index in [1.54, 1.807) is 24.3 Å². The molecule has 122 valence electrons. The van der Waals surface area contributed by atoms with Gasteiger partial charge in [-0.2, -0.15) is 0 Å². The van der Waals surface area contributed by atoms with Gasteiger partial charge in [0.1, 0.15) is 0 Å². The van der Waals surface area contributed by atoms with Crippen LogP contribution < -0.4 is 5.32 Å². The second-order valence-corrected chi connectivity index (χ2v) is 8.30. The van der Waals surface area contributed by atoms with E-state index >= 15 is 0 Å². The minimum atomic E-state index is -3.55. The molecule has 0 aliphatic heterocycles. The Morgan fingerprint density at radius 1 is 1.13 bits per heavy atom. The van der Waals surface area contributed by atoms with Gasteiger partial charge in [-0.3, -0.25) is 4.79 Å². The number of carbonyl (C=O) groups is 1. The van der Waals surface area contributed by atoms with Crippen molar-refractivity contribution in [3.05, 3.63) is 58.1 Å². The molecule has 0 fully saturated rings. The van der Waals surface area contributed by atoms with E-state index in [0.29, 0.717) is 11.3 Å². The van der Waals surface area contributed by atoms with Crippen molar-refractivity contribution in [2.75, 3.05) is 19.4 Å². The molecule has 0 saturated carbocycles. The lowest BCUT2D eigenvalue weighted by Crippen LogP contribution is -2.22. The number of benzene rings is 2. The van der Waals surface area contributed by atoms with Crippen LogP contribution in [0.1, 0.15) is 15.9 Å². The van der Waals surface area contributed by atoms with Crippen LogP contribution in [0, 0.1) is 6.92 Å². The van der Waals surface area contributed by atoms with Gasteiger partial charge in [-0.1, -0.05) is 28.1 Å². The molecule has 0 atom stereocenters. The summed E-state index contributed by atoms with van der Waals surface area (Å²) < 4.78 is 26.3. The van der Waals surface area contributed by atoms with E-state index in [1.807, 2.05) is 13.0 Å². The van der Waals surface area contributed by atoms with Crippen LogP contribution in [0.15, 0.2) is 51.8 Å². The fourth-order valence-electron chi connectivity index (χ4n) is 1.93. The van der Waals surface area contributed by atoms with Crippen molar-refractivity contribution in [1.29, 1.82) is 0 Å². The zero-order valence-electron chi connectivity index (χ0n) is 13.0. The van der Waals surface area contributed by atoms with E-state index < -0.39 is 10.0 Å². The van der Waals surface area contributed by atoms with E-state index in [-0.39, 0.29) is 10.8 Å². The van der Waals surface area contributed by atoms with Crippen molar-refractivity contribution in [2.24, 2.45) is 0 Å². The van der Waals surface area contributed by atoms with Crippen molar-refractivity contribution >= 4 is 37.5 Å². The SMILES string of the molecule is Cc1ccc(S(=O)(=O)N(C)C)cc1NC(=O)c1cccc(Br)c1. The van der Waals surface area contributed by atoms with Gasteiger partial charge in [0.2, 0.25) is 10.0 Å².